The Labute approximate surface area is 296 Å². The monoisotopic (exact) mass is 654 g/mol. The van der Waals surface area contributed by atoms with Crippen molar-refractivity contribution in [1.29, 1.82) is 0 Å². The maximum absolute atomic E-state index is 5.20. The molecule has 7 aromatic carbocycles. The van der Waals surface area contributed by atoms with Gasteiger partial charge in [0.25, 0.3) is 0 Å². The van der Waals surface area contributed by atoms with E-state index in [1.54, 1.807) is 0 Å². The fourth-order valence-electron chi connectivity index (χ4n) is 7.94. The van der Waals surface area contributed by atoms with Gasteiger partial charge in [-0.1, -0.05) is 176 Å². The molecule has 1 aliphatic heterocycles. The van der Waals surface area contributed by atoms with E-state index in [0.717, 1.165) is 33.9 Å². The normalized spacial score (nSPS) is 13.3. The molecule has 1 aliphatic carbocycles. The molecule has 0 atom stereocenters. The summed E-state index contributed by atoms with van der Waals surface area (Å²) >= 11 is 1.86. The molecule has 0 unspecified atom stereocenters. The van der Waals surface area contributed by atoms with Gasteiger partial charge in [-0.05, 0) is 62.7 Å². The molecular weight excluding hydrogens is 625 g/mol. The molecule has 0 radical (unpaired) electrons. The quantitative estimate of drug-likeness (QED) is 0.189. The molecule has 0 fully saturated rings. The van der Waals surface area contributed by atoms with Crippen molar-refractivity contribution in [2.75, 3.05) is 0 Å². The molecule has 10 rings (SSSR count). The first kappa shape index (κ1) is 28.9. The van der Waals surface area contributed by atoms with Crippen LogP contribution < -0.4 is 0 Å². The van der Waals surface area contributed by atoms with Crippen LogP contribution in [-0.4, -0.2) is 9.97 Å². The minimum atomic E-state index is -0.393. The molecular formula is C47H30N2S. The zero-order chi connectivity index (χ0) is 33.1. The summed E-state index contributed by atoms with van der Waals surface area (Å²) in [6.07, 6.45) is 0. The molecule has 1 spiro atoms. The summed E-state index contributed by atoms with van der Waals surface area (Å²) in [6.45, 7) is 0. The van der Waals surface area contributed by atoms with E-state index in [9.17, 15) is 0 Å². The number of rotatable bonds is 4. The molecule has 0 bridgehead atoms. The standard InChI is InChI=1S/C47H30N2S/c1-3-13-31(14-4-1)32-23-25-33(26-24-32)42-30-43(49-46(48-42)34-15-5-2-6-16-34)35-27-28-41-45(29-35)50-44-22-12-11-21-40(44)47(41)38-19-9-7-17-36(38)37-18-8-10-20-39(37)47/h1-30H. The van der Waals surface area contributed by atoms with Gasteiger partial charge in [-0.3, -0.25) is 0 Å². The Morgan fingerprint density at radius 2 is 0.820 bits per heavy atom. The lowest BCUT2D eigenvalue weighted by Gasteiger charge is -2.39. The van der Waals surface area contributed by atoms with Gasteiger partial charge in [0.1, 0.15) is 0 Å². The van der Waals surface area contributed by atoms with Crippen LogP contribution in [0.3, 0.4) is 0 Å². The Bertz CT molecular complexity index is 2510. The van der Waals surface area contributed by atoms with Gasteiger partial charge in [-0.15, -0.1) is 0 Å². The second-order valence-corrected chi connectivity index (χ2v) is 14.0. The predicted octanol–water partition coefficient (Wildman–Crippen LogP) is 12.0. The largest absolute Gasteiger partial charge is 0.228 e. The summed E-state index contributed by atoms with van der Waals surface area (Å²) < 4.78 is 0. The van der Waals surface area contributed by atoms with E-state index >= 15 is 0 Å². The number of hydrogen-bond donors (Lipinski definition) is 0. The molecule has 3 heteroatoms. The highest BCUT2D eigenvalue weighted by molar-refractivity contribution is 7.99. The molecule has 0 saturated heterocycles. The summed E-state index contributed by atoms with van der Waals surface area (Å²) in [4.78, 5) is 12.8. The van der Waals surface area contributed by atoms with Gasteiger partial charge < -0.3 is 0 Å². The van der Waals surface area contributed by atoms with Crippen LogP contribution in [0.2, 0.25) is 0 Å². The van der Waals surface area contributed by atoms with Gasteiger partial charge in [0.2, 0.25) is 0 Å². The first-order valence-corrected chi connectivity index (χ1v) is 17.8. The molecule has 234 valence electrons. The SMILES string of the molecule is c1ccc(-c2ccc(-c3cc(-c4ccc5c(c4)Sc4ccccc4C54c5ccccc5-c5ccccc54)nc(-c4ccccc4)n3)cc2)cc1. The summed E-state index contributed by atoms with van der Waals surface area (Å²) in [7, 11) is 0. The van der Waals surface area contributed by atoms with Gasteiger partial charge in [0, 0.05) is 26.5 Å². The van der Waals surface area contributed by atoms with Crippen LogP contribution in [0.4, 0.5) is 0 Å². The molecule has 1 aromatic heterocycles. The Hall–Kier alpha value is -6.03. The van der Waals surface area contributed by atoms with Gasteiger partial charge in [-0.25, -0.2) is 9.97 Å². The number of aromatic nitrogens is 2. The maximum Gasteiger partial charge on any atom is 0.160 e. The average molecular weight is 655 g/mol. The minimum absolute atomic E-state index is 0.393. The lowest BCUT2D eigenvalue weighted by Crippen LogP contribution is -2.31. The van der Waals surface area contributed by atoms with Gasteiger partial charge in [-0.2, -0.15) is 0 Å². The fraction of sp³-hybridized carbons (Fsp3) is 0.0213. The van der Waals surface area contributed by atoms with Crippen molar-refractivity contribution in [3.8, 4) is 56.2 Å². The van der Waals surface area contributed by atoms with Crippen LogP contribution in [0.15, 0.2) is 192 Å². The Kier molecular flexibility index (Phi) is 6.68. The number of benzene rings is 7. The number of fused-ring (bicyclic) bond motifs is 9. The maximum atomic E-state index is 5.20. The van der Waals surface area contributed by atoms with Crippen molar-refractivity contribution >= 4 is 11.8 Å². The van der Waals surface area contributed by atoms with Crippen LogP contribution in [0, 0.1) is 0 Å². The highest BCUT2D eigenvalue weighted by Gasteiger charge is 2.50. The Morgan fingerprint density at radius 1 is 0.340 bits per heavy atom. The van der Waals surface area contributed by atoms with Crippen molar-refractivity contribution < 1.29 is 0 Å². The van der Waals surface area contributed by atoms with Crippen LogP contribution >= 0.6 is 11.8 Å². The van der Waals surface area contributed by atoms with Gasteiger partial charge in [0.15, 0.2) is 5.82 Å². The fourth-order valence-corrected chi connectivity index (χ4v) is 9.18. The molecule has 8 aromatic rings. The molecule has 2 aliphatic rings. The highest BCUT2D eigenvalue weighted by Crippen LogP contribution is 2.62. The lowest BCUT2D eigenvalue weighted by molar-refractivity contribution is 0.722. The summed E-state index contributed by atoms with van der Waals surface area (Å²) in [5.74, 6) is 0.719. The molecule has 0 amide bonds. The van der Waals surface area contributed by atoms with Crippen LogP contribution in [-0.2, 0) is 5.41 Å². The van der Waals surface area contributed by atoms with Crippen molar-refractivity contribution in [1.82, 2.24) is 9.97 Å². The second-order valence-electron chi connectivity index (χ2n) is 12.9. The van der Waals surface area contributed by atoms with E-state index in [0.29, 0.717) is 0 Å². The Balaban J connectivity index is 1.15. The van der Waals surface area contributed by atoms with E-state index in [-0.39, 0.29) is 0 Å². The third-order valence-electron chi connectivity index (χ3n) is 10.2. The van der Waals surface area contributed by atoms with Crippen LogP contribution in [0.25, 0.3) is 56.2 Å². The van der Waals surface area contributed by atoms with E-state index in [4.69, 9.17) is 9.97 Å². The van der Waals surface area contributed by atoms with Crippen molar-refractivity contribution in [3.05, 3.63) is 204 Å². The lowest BCUT2D eigenvalue weighted by atomic mass is 9.67. The molecule has 0 saturated carbocycles. The van der Waals surface area contributed by atoms with Crippen molar-refractivity contribution in [3.63, 3.8) is 0 Å². The number of nitrogens with zero attached hydrogens (tertiary/aromatic N) is 2. The zero-order valence-corrected chi connectivity index (χ0v) is 27.9. The number of hydrogen-bond acceptors (Lipinski definition) is 3. The summed E-state index contributed by atoms with van der Waals surface area (Å²) in [6, 6.07) is 65.4. The van der Waals surface area contributed by atoms with E-state index in [1.807, 2.05) is 30.0 Å². The van der Waals surface area contributed by atoms with Crippen molar-refractivity contribution in [2.24, 2.45) is 0 Å². The Morgan fingerprint density at radius 3 is 1.50 bits per heavy atom. The van der Waals surface area contributed by atoms with Crippen molar-refractivity contribution in [2.45, 2.75) is 15.2 Å². The summed E-state index contributed by atoms with van der Waals surface area (Å²) in [5, 5.41) is 0. The molecule has 2 heterocycles. The topological polar surface area (TPSA) is 25.8 Å². The first-order chi connectivity index (χ1) is 24.8. The predicted molar refractivity (Wildman–Crippen MR) is 205 cm³/mol. The third-order valence-corrected chi connectivity index (χ3v) is 11.3. The minimum Gasteiger partial charge on any atom is -0.228 e. The van der Waals surface area contributed by atoms with Crippen LogP contribution in [0.5, 0.6) is 0 Å². The third kappa shape index (κ3) is 4.44. The molecule has 50 heavy (non-hydrogen) atoms. The van der Waals surface area contributed by atoms with E-state index in [1.165, 1.54) is 54.3 Å². The second kappa shape index (κ2) is 11.5. The van der Waals surface area contributed by atoms with E-state index in [2.05, 4.69) is 164 Å². The average Bonchev–Trinajstić information content (AvgIpc) is 3.49. The summed E-state index contributed by atoms with van der Waals surface area (Å²) in [5.41, 5.74) is 14.9. The smallest absolute Gasteiger partial charge is 0.160 e. The zero-order valence-electron chi connectivity index (χ0n) is 27.1. The van der Waals surface area contributed by atoms with Gasteiger partial charge in [0.05, 0.1) is 16.8 Å². The van der Waals surface area contributed by atoms with E-state index < -0.39 is 5.41 Å². The van der Waals surface area contributed by atoms with Crippen LogP contribution in [0.1, 0.15) is 22.3 Å². The molecule has 2 nitrogen and oxygen atoms in total. The van der Waals surface area contributed by atoms with Gasteiger partial charge >= 0.3 is 0 Å². The highest BCUT2D eigenvalue weighted by atomic mass is 32.2. The first-order valence-electron chi connectivity index (χ1n) is 17.0. The molecule has 0 N–H and O–H groups in total.